The maximum absolute atomic E-state index is 5.83. The first kappa shape index (κ1) is 15.3. The van der Waals surface area contributed by atoms with Crippen LogP contribution in [0, 0.1) is 0 Å². The lowest BCUT2D eigenvalue weighted by Gasteiger charge is -2.32. The topological polar surface area (TPSA) is 25.6 Å². The van der Waals surface area contributed by atoms with Crippen LogP contribution in [0.5, 0.6) is 5.75 Å². The van der Waals surface area contributed by atoms with Gasteiger partial charge in [0.25, 0.3) is 0 Å². The Balaban J connectivity index is 1.50. The van der Waals surface area contributed by atoms with Gasteiger partial charge in [0.1, 0.15) is 11.5 Å². The monoisotopic (exact) mass is 321 g/mol. The van der Waals surface area contributed by atoms with Gasteiger partial charge in [0.2, 0.25) is 0 Å². The SMILES string of the molecule is COc1cccc(C2CCCN(Cc3occ4ccccc34)C2)c1. The van der Waals surface area contributed by atoms with Crippen LogP contribution in [-0.4, -0.2) is 25.1 Å². The van der Waals surface area contributed by atoms with Gasteiger partial charge in [0.15, 0.2) is 0 Å². The average molecular weight is 321 g/mol. The van der Waals surface area contributed by atoms with Gasteiger partial charge in [-0.25, -0.2) is 0 Å². The van der Waals surface area contributed by atoms with E-state index in [9.17, 15) is 0 Å². The molecule has 0 spiro atoms. The van der Waals surface area contributed by atoms with E-state index in [0.29, 0.717) is 5.92 Å². The van der Waals surface area contributed by atoms with E-state index in [0.717, 1.165) is 31.1 Å². The summed E-state index contributed by atoms with van der Waals surface area (Å²) in [6.45, 7) is 3.09. The maximum atomic E-state index is 5.83. The van der Waals surface area contributed by atoms with Crippen LogP contribution in [0.4, 0.5) is 0 Å². The van der Waals surface area contributed by atoms with Crippen LogP contribution in [-0.2, 0) is 6.54 Å². The van der Waals surface area contributed by atoms with Crippen LogP contribution in [0.1, 0.15) is 30.1 Å². The average Bonchev–Trinajstić information content (AvgIpc) is 3.05. The predicted molar refractivity (Wildman–Crippen MR) is 96.5 cm³/mol. The molecule has 1 unspecified atom stereocenters. The molecule has 24 heavy (non-hydrogen) atoms. The van der Waals surface area contributed by atoms with Gasteiger partial charge in [-0.05, 0) is 43.0 Å². The summed E-state index contributed by atoms with van der Waals surface area (Å²) in [5, 5.41) is 2.43. The van der Waals surface area contributed by atoms with Crippen molar-refractivity contribution in [3.8, 4) is 5.75 Å². The van der Waals surface area contributed by atoms with Crippen LogP contribution in [0.25, 0.3) is 10.8 Å². The number of furan rings is 1. The van der Waals surface area contributed by atoms with Crippen LogP contribution in [0.3, 0.4) is 0 Å². The molecule has 0 radical (unpaired) electrons. The number of rotatable bonds is 4. The van der Waals surface area contributed by atoms with Gasteiger partial charge in [0.05, 0.1) is 19.9 Å². The molecule has 1 aromatic heterocycles. The van der Waals surface area contributed by atoms with Crippen LogP contribution >= 0.6 is 0 Å². The number of nitrogens with zero attached hydrogens (tertiary/aromatic N) is 1. The molecule has 124 valence electrons. The van der Waals surface area contributed by atoms with Crippen molar-refractivity contribution < 1.29 is 9.15 Å². The zero-order chi connectivity index (χ0) is 16.4. The van der Waals surface area contributed by atoms with E-state index in [4.69, 9.17) is 9.15 Å². The summed E-state index contributed by atoms with van der Waals surface area (Å²) in [5.74, 6) is 2.59. The van der Waals surface area contributed by atoms with Crippen molar-refractivity contribution >= 4 is 10.8 Å². The molecule has 0 bridgehead atoms. The van der Waals surface area contributed by atoms with Gasteiger partial charge >= 0.3 is 0 Å². The molecular weight excluding hydrogens is 298 g/mol. The fourth-order valence-corrected chi connectivity index (χ4v) is 3.74. The predicted octanol–water partition coefficient (Wildman–Crippen LogP) is 4.82. The summed E-state index contributed by atoms with van der Waals surface area (Å²) in [4.78, 5) is 2.51. The second-order valence-electron chi connectivity index (χ2n) is 6.60. The molecule has 0 N–H and O–H groups in total. The molecule has 1 fully saturated rings. The summed E-state index contributed by atoms with van der Waals surface area (Å²) >= 11 is 0. The summed E-state index contributed by atoms with van der Waals surface area (Å²) < 4.78 is 11.2. The van der Waals surface area contributed by atoms with Crippen LogP contribution < -0.4 is 4.74 Å². The maximum Gasteiger partial charge on any atom is 0.125 e. The van der Waals surface area contributed by atoms with Gasteiger partial charge in [-0.1, -0.05) is 36.4 Å². The Morgan fingerprint density at radius 2 is 2.08 bits per heavy atom. The number of fused-ring (bicyclic) bond motifs is 1. The Labute approximate surface area is 142 Å². The van der Waals surface area contributed by atoms with E-state index in [1.165, 1.54) is 29.2 Å². The minimum atomic E-state index is 0.565. The summed E-state index contributed by atoms with van der Waals surface area (Å²) in [7, 11) is 1.73. The largest absolute Gasteiger partial charge is 0.497 e. The molecule has 3 heteroatoms. The van der Waals surface area contributed by atoms with E-state index in [1.807, 2.05) is 12.3 Å². The van der Waals surface area contributed by atoms with Crippen LogP contribution in [0.15, 0.2) is 59.2 Å². The van der Waals surface area contributed by atoms with Crippen molar-refractivity contribution in [1.82, 2.24) is 4.90 Å². The number of hydrogen-bond acceptors (Lipinski definition) is 3. The number of hydrogen-bond donors (Lipinski definition) is 0. The molecule has 2 heterocycles. The number of methoxy groups -OCH3 is 1. The lowest BCUT2D eigenvalue weighted by Crippen LogP contribution is -2.33. The molecule has 1 atom stereocenters. The highest BCUT2D eigenvalue weighted by molar-refractivity contribution is 5.83. The normalized spacial score (nSPS) is 18.8. The van der Waals surface area contributed by atoms with Crippen molar-refractivity contribution in [1.29, 1.82) is 0 Å². The highest BCUT2D eigenvalue weighted by Gasteiger charge is 2.23. The van der Waals surface area contributed by atoms with E-state index < -0.39 is 0 Å². The van der Waals surface area contributed by atoms with Crippen molar-refractivity contribution in [3.05, 3.63) is 66.1 Å². The Kier molecular flexibility index (Phi) is 4.26. The van der Waals surface area contributed by atoms with E-state index in [-0.39, 0.29) is 0 Å². The molecule has 0 aliphatic carbocycles. The molecule has 0 saturated carbocycles. The van der Waals surface area contributed by atoms with Crippen molar-refractivity contribution in [2.45, 2.75) is 25.3 Å². The van der Waals surface area contributed by atoms with E-state index in [1.54, 1.807) is 7.11 Å². The van der Waals surface area contributed by atoms with Gasteiger partial charge in [-0.2, -0.15) is 0 Å². The summed E-state index contributed by atoms with van der Waals surface area (Å²) in [6, 6.07) is 16.9. The highest BCUT2D eigenvalue weighted by Crippen LogP contribution is 2.31. The summed E-state index contributed by atoms with van der Waals surface area (Å²) in [5.41, 5.74) is 1.38. The first-order valence-electron chi connectivity index (χ1n) is 8.65. The lowest BCUT2D eigenvalue weighted by atomic mass is 9.90. The Morgan fingerprint density at radius 3 is 3.00 bits per heavy atom. The third kappa shape index (κ3) is 3.04. The van der Waals surface area contributed by atoms with Crippen LogP contribution in [0.2, 0.25) is 0 Å². The molecule has 2 aromatic carbocycles. The minimum Gasteiger partial charge on any atom is -0.497 e. The van der Waals surface area contributed by atoms with Gasteiger partial charge in [0, 0.05) is 17.3 Å². The zero-order valence-corrected chi connectivity index (χ0v) is 14.1. The number of ether oxygens (including phenoxy) is 1. The standard InChI is InChI=1S/C21H23NO2/c1-23-19-9-4-7-16(12-19)17-8-5-11-22(13-17)14-21-20-10-3-2-6-18(20)15-24-21/h2-4,6-7,9-10,12,15,17H,5,8,11,13-14H2,1H3. The number of piperidine rings is 1. The van der Waals surface area contributed by atoms with Gasteiger partial charge < -0.3 is 9.15 Å². The third-order valence-corrected chi connectivity index (χ3v) is 5.03. The summed E-state index contributed by atoms with van der Waals surface area (Å²) in [6.07, 6.45) is 4.33. The minimum absolute atomic E-state index is 0.565. The van der Waals surface area contributed by atoms with Crippen molar-refractivity contribution in [2.75, 3.05) is 20.2 Å². The highest BCUT2D eigenvalue weighted by atomic mass is 16.5. The van der Waals surface area contributed by atoms with Gasteiger partial charge in [-0.15, -0.1) is 0 Å². The fraction of sp³-hybridized carbons (Fsp3) is 0.333. The third-order valence-electron chi connectivity index (χ3n) is 5.03. The molecule has 3 aromatic rings. The Bertz CT molecular complexity index is 823. The number of benzene rings is 2. The molecule has 1 saturated heterocycles. The van der Waals surface area contributed by atoms with Crippen molar-refractivity contribution in [3.63, 3.8) is 0 Å². The fourth-order valence-electron chi connectivity index (χ4n) is 3.74. The first-order valence-corrected chi connectivity index (χ1v) is 8.65. The van der Waals surface area contributed by atoms with E-state index in [2.05, 4.69) is 47.4 Å². The quantitative estimate of drug-likeness (QED) is 0.689. The molecule has 1 aliphatic rings. The second-order valence-corrected chi connectivity index (χ2v) is 6.60. The molecule has 3 nitrogen and oxygen atoms in total. The first-order chi connectivity index (χ1) is 11.8. The zero-order valence-electron chi connectivity index (χ0n) is 14.1. The molecule has 1 aliphatic heterocycles. The Hall–Kier alpha value is -2.26. The van der Waals surface area contributed by atoms with Crippen molar-refractivity contribution in [2.24, 2.45) is 0 Å². The van der Waals surface area contributed by atoms with Gasteiger partial charge in [-0.3, -0.25) is 4.90 Å². The smallest absolute Gasteiger partial charge is 0.125 e. The molecule has 0 amide bonds. The molecular formula is C21H23NO2. The Morgan fingerprint density at radius 1 is 1.17 bits per heavy atom. The second kappa shape index (κ2) is 6.70. The van der Waals surface area contributed by atoms with E-state index >= 15 is 0 Å². The lowest BCUT2D eigenvalue weighted by molar-refractivity contribution is 0.187. The molecule has 4 rings (SSSR count). The number of likely N-dealkylation sites (tertiary alicyclic amines) is 1.